The molecule has 1 heterocycles. The van der Waals surface area contributed by atoms with Gasteiger partial charge in [0.25, 0.3) is 5.91 Å². The number of nitrogens with one attached hydrogen (secondary N) is 1. The van der Waals surface area contributed by atoms with Crippen LogP contribution >= 0.6 is 0 Å². The Morgan fingerprint density at radius 2 is 2.10 bits per heavy atom. The van der Waals surface area contributed by atoms with E-state index in [0.717, 1.165) is 18.5 Å². The molecule has 1 aromatic rings. The number of aryl methyl sites for hydroxylation is 2. The third kappa shape index (κ3) is 5.57. The summed E-state index contributed by atoms with van der Waals surface area (Å²) in [6.07, 6.45) is 1.62. The van der Waals surface area contributed by atoms with Crippen LogP contribution in [0.3, 0.4) is 0 Å². The van der Waals surface area contributed by atoms with Crippen molar-refractivity contribution in [3.05, 3.63) is 17.5 Å². The predicted octanol–water partition coefficient (Wildman–Crippen LogP) is 1.85. The molecule has 0 aromatic carbocycles. The zero-order chi connectivity index (χ0) is 16.0. The molecule has 0 aliphatic carbocycles. The van der Waals surface area contributed by atoms with E-state index in [9.17, 15) is 9.59 Å². The second-order valence-electron chi connectivity index (χ2n) is 5.80. The number of aromatic nitrogens is 2. The molecule has 6 heteroatoms. The van der Waals surface area contributed by atoms with Gasteiger partial charge < -0.3 is 10.4 Å². The zero-order valence-corrected chi connectivity index (χ0v) is 13.2. The van der Waals surface area contributed by atoms with E-state index in [-0.39, 0.29) is 18.2 Å². The van der Waals surface area contributed by atoms with E-state index < -0.39 is 5.97 Å². The Kier molecular flexibility index (Phi) is 6.39. The molecule has 0 saturated carbocycles. The summed E-state index contributed by atoms with van der Waals surface area (Å²) in [4.78, 5) is 23.0. The average molecular weight is 295 g/mol. The Balaban J connectivity index is 2.63. The molecule has 0 aliphatic rings. The molecule has 21 heavy (non-hydrogen) atoms. The summed E-state index contributed by atoms with van der Waals surface area (Å²) in [5.41, 5.74) is 1.37. The molecule has 1 aromatic heterocycles. The molecule has 0 bridgehead atoms. The monoisotopic (exact) mass is 295 g/mol. The van der Waals surface area contributed by atoms with Gasteiger partial charge in [-0.3, -0.25) is 14.3 Å². The molecule has 1 amide bonds. The summed E-state index contributed by atoms with van der Waals surface area (Å²) in [5, 5.41) is 16.0. The highest BCUT2D eigenvalue weighted by Crippen LogP contribution is 2.15. The summed E-state index contributed by atoms with van der Waals surface area (Å²) in [6.45, 7) is 6.45. The lowest BCUT2D eigenvalue weighted by Gasteiger charge is -2.17. The first kappa shape index (κ1) is 17.2. The molecule has 0 saturated heterocycles. The second-order valence-corrected chi connectivity index (χ2v) is 5.80. The van der Waals surface area contributed by atoms with E-state index in [1.165, 1.54) is 0 Å². The molecule has 0 aliphatic heterocycles. The Bertz CT molecular complexity index is 494. The maximum absolute atomic E-state index is 12.2. The quantitative estimate of drug-likeness (QED) is 0.766. The van der Waals surface area contributed by atoms with E-state index in [2.05, 4.69) is 10.4 Å². The number of hydrogen-bond donors (Lipinski definition) is 2. The minimum absolute atomic E-state index is 0.0506. The van der Waals surface area contributed by atoms with Crippen molar-refractivity contribution >= 4 is 11.9 Å². The number of aliphatic carboxylic acids is 1. The van der Waals surface area contributed by atoms with Gasteiger partial charge in [0.1, 0.15) is 5.69 Å². The van der Waals surface area contributed by atoms with Crippen molar-refractivity contribution in [1.82, 2.24) is 15.1 Å². The molecule has 1 rings (SSSR count). The van der Waals surface area contributed by atoms with Crippen LogP contribution in [0.2, 0.25) is 0 Å². The van der Waals surface area contributed by atoms with Gasteiger partial charge in [-0.15, -0.1) is 0 Å². The molecule has 2 N–H and O–H groups in total. The third-order valence-corrected chi connectivity index (χ3v) is 3.34. The maximum atomic E-state index is 12.2. The number of carboxylic acids is 1. The van der Waals surface area contributed by atoms with E-state index in [1.807, 2.05) is 20.8 Å². The summed E-state index contributed by atoms with van der Waals surface area (Å²) >= 11 is 0. The van der Waals surface area contributed by atoms with E-state index in [1.54, 1.807) is 17.8 Å². The lowest BCUT2D eigenvalue weighted by molar-refractivity contribution is -0.138. The number of carbonyl (C=O) groups is 2. The second kappa shape index (κ2) is 7.81. The fraction of sp³-hybridized carbons (Fsp3) is 0.667. The summed E-state index contributed by atoms with van der Waals surface area (Å²) in [5.74, 6) is -0.687. The van der Waals surface area contributed by atoms with Crippen LogP contribution in [0.25, 0.3) is 0 Å². The molecule has 0 fully saturated rings. The highest BCUT2D eigenvalue weighted by atomic mass is 16.4. The van der Waals surface area contributed by atoms with Crippen LogP contribution in [0.1, 0.15) is 49.8 Å². The van der Waals surface area contributed by atoms with Crippen LogP contribution in [-0.2, 0) is 18.3 Å². The van der Waals surface area contributed by atoms with Gasteiger partial charge >= 0.3 is 5.97 Å². The normalized spacial score (nSPS) is 12.4. The minimum atomic E-state index is -0.830. The van der Waals surface area contributed by atoms with Gasteiger partial charge in [-0.25, -0.2) is 0 Å². The average Bonchev–Trinajstić information content (AvgIpc) is 2.75. The van der Waals surface area contributed by atoms with Crippen molar-refractivity contribution in [1.29, 1.82) is 0 Å². The molecule has 6 nitrogen and oxygen atoms in total. The Morgan fingerprint density at radius 3 is 2.57 bits per heavy atom. The van der Waals surface area contributed by atoms with E-state index in [4.69, 9.17) is 5.11 Å². The predicted molar refractivity (Wildman–Crippen MR) is 80.1 cm³/mol. The maximum Gasteiger partial charge on any atom is 0.303 e. The number of rotatable bonds is 8. The fourth-order valence-electron chi connectivity index (χ4n) is 2.39. The van der Waals surface area contributed by atoms with Crippen molar-refractivity contribution in [2.75, 3.05) is 6.54 Å². The molecule has 0 radical (unpaired) electrons. The molecule has 1 atom stereocenters. The molecule has 118 valence electrons. The minimum Gasteiger partial charge on any atom is -0.481 e. The fourth-order valence-corrected chi connectivity index (χ4v) is 2.39. The van der Waals surface area contributed by atoms with Crippen LogP contribution in [-0.4, -0.2) is 33.3 Å². The van der Waals surface area contributed by atoms with Gasteiger partial charge in [0.05, 0.1) is 5.69 Å². The number of hydrogen-bond acceptors (Lipinski definition) is 3. The zero-order valence-electron chi connectivity index (χ0n) is 13.2. The van der Waals surface area contributed by atoms with Crippen molar-refractivity contribution in [3.8, 4) is 0 Å². The first-order valence-corrected chi connectivity index (χ1v) is 7.36. The first-order chi connectivity index (χ1) is 9.83. The standard InChI is InChI=1S/C15H25N3O3/c1-5-12-8-13(18(4)17-12)15(21)16-9-11(6-10(2)3)7-14(19)20/h8,10-11H,5-7,9H2,1-4H3,(H,16,21)(H,19,20)/t11-/m0/s1. The molecule has 0 unspecified atom stereocenters. The van der Waals surface area contributed by atoms with Crippen LogP contribution < -0.4 is 5.32 Å². The smallest absolute Gasteiger partial charge is 0.303 e. The van der Waals surface area contributed by atoms with Gasteiger partial charge in [-0.1, -0.05) is 20.8 Å². The van der Waals surface area contributed by atoms with Gasteiger partial charge in [0.2, 0.25) is 0 Å². The van der Waals surface area contributed by atoms with E-state index in [0.29, 0.717) is 18.2 Å². The number of carbonyl (C=O) groups excluding carboxylic acids is 1. The van der Waals surface area contributed by atoms with Crippen molar-refractivity contribution in [2.24, 2.45) is 18.9 Å². The van der Waals surface area contributed by atoms with Crippen LogP contribution in [0.5, 0.6) is 0 Å². The first-order valence-electron chi connectivity index (χ1n) is 7.36. The Hall–Kier alpha value is -1.85. The lowest BCUT2D eigenvalue weighted by Crippen LogP contribution is -2.32. The van der Waals surface area contributed by atoms with Gasteiger partial charge in [-0.2, -0.15) is 5.10 Å². The summed E-state index contributed by atoms with van der Waals surface area (Å²) in [7, 11) is 1.73. The van der Waals surface area contributed by atoms with Gasteiger partial charge in [-0.05, 0) is 30.7 Å². The Morgan fingerprint density at radius 1 is 1.43 bits per heavy atom. The SMILES string of the molecule is CCc1cc(C(=O)NC[C@H](CC(=O)O)CC(C)C)n(C)n1. The Labute approximate surface area is 125 Å². The topological polar surface area (TPSA) is 84.2 Å². The summed E-state index contributed by atoms with van der Waals surface area (Å²) in [6, 6.07) is 1.77. The largest absolute Gasteiger partial charge is 0.481 e. The molecular weight excluding hydrogens is 270 g/mol. The third-order valence-electron chi connectivity index (χ3n) is 3.34. The highest BCUT2D eigenvalue weighted by molar-refractivity contribution is 5.92. The van der Waals surface area contributed by atoms with Crippen LogP contribution in [0, 0.1) is 11.8 Å². The molecule has 0 spiro atoms. The molecular formula is C15H25N3O3. The van der Waals surface area contributed by atoms with Gasteiger partial charge in [0.15, 0.2) is 0 Å². The summed E-state index contributed by atoms with van der Waals surface area (Å²) < 4.78 is 1.56. The van der Waals surface area contributed by atoms with E-state index >= 15 is 0 Å². The van der Waals surface area contributed by atoms with Crippen LogP contribution in [0.4, 0.5) is 0 Å². The number of nitrogens with zero attached hydrogens (tertiary/aromatic N) is 2. The van der Waals surface area contributed by atoms with Crippen molar-refractivity contribution in [2.45, 2.75) is 40.0 Å². The van der Waals surface area contributed by atoms with Gasteiger partial charge in [0, 0.05) is 20.0 Å². The number of carboxylic acid groups (broad SMARTS) is 1. The number of amides is 1. The van der Waals surface area contributed by atoms with Crippen molar-refractivity contribution in [3.63, 3.8) is 0 Å². The van der Waals surface area contributed by atoms with Crippen LogP contribution in [0.15, 0.2) is 6.07 Å². The van der Waals surface area contributed by atoms with Crippen molar-refractivity contribution < 1.29 is 14.7 Å². The highest BCUT2D eigenvalue weighted by Gasteiger charge is 2.18. The lowest BCUT2D eigenvalue weighted by atomic mass is 9.94.